The lowest BCUT2D eigenvalue weighted by Crippen LogP contribution is -2.28. The summed E-state index contributed by atoms with van der Waals surface area (Å²) in [7, 11) is 0. The molecule has 1 aromatic carbocycles. The molecule has 0 aliphatic heterocycles. The third kappa shape index (κ3) is 3.81. The molecule has 108 valence electrons. The van der Waals surface area contributed by atoms with Gasteiger partial charge in [-0.1, -0.05) is 19.1 Å². The molecule has 2 rings (SSSR count). The maximum Gasteiger partial charge on any atom is 0.220 e. The van der Waals surface area contributed by atoms with Crippen LogP contribution in [0.1, 0.15) is 19.8 Å². The summed E-state index contributed by atoms with van der Waals surface area (Å²) in [6.45, 7) is 4.07. The van der Waals surface area contributed by atoms with Crippen LogP contribution in [0.5, 0.6) is 0 Å². The topological polar surface area (TPSA) is 72.9 Å². The number of nitrogens with one attached hydrogen (secondary N) is 1. The number of nitrogens with zero attached hydrogens (tertiary/aromatic N) is 2. The fraction of sp³-hybridized carbons (Fsp3) is 0.467. The first-order valence-electron chi connectivity index (χ1n) is 7.07. The lowest BCUT2D eigenvalue weighted by molar-refractivity contribution is -0.121. The number of carbonyl (C=O) groups is 1. The fourth-order valence-corrected chi connectivity index (χ4v) is 2.14. The summed E-state index contributed by atoms with van der Waals surface area (Å²) in [5.74, 6) is 0.325. The Morgan fingerprint density at radius 3 is 3.05 bits per heavy atom. The first-order valence-corrected chi connectivity index (χ1v) is 7.07. The molecule has 1 aromatic heterocycles. The van der Waals surface area contributed by atoms with Crippen molar-refractivity contribution >= 4 is 16.9 Å². The highest BCUT2D eigenvalue weighted by Crippen LogP contribution is 2.11. The van der Waals surface area contributed by atoms with Crippen molar-refractivity contribution in [3.8, 4) is 0 Å². The molecule has 0 spiro atoms. The quantitative estimate of drug-likeness (QED) is 0.752. The molecule has 5 nitrogen and oxygen atoms in total. The number of hydrogen-bond acceptors (Lipinski definition) is 3. The van der Waals surface area contributed by atoms with Crippen LogP contribution in [-0.4, -0.2) is 28.5 Å². The molecule has 1 amide bonds. The summed E-state index contributed by atoms with van der Waals surface area (Å²) in [5.41, 5.74) is 7.64. The van der Waals surface area contributed by atoms with Gasteiger partial charge in [0.05, 0.1) is 17.4 Å². The van der Waals surface area contributed by atoms with Crippen molar-refractivity contribution in [1.82, 2.24) is 14.9 Å². The van der Waals surface area contributed by atoms with Crippen LogP contribution in [0, 0.1) is 5.92 Å². The largest absolute Gasteiger partial charge is 0.356 e. The normalized spacial score (nSPS) is 12.5. The Hall–Kier alpha value is -1.88. The van der Waals surface area contributed by atoms with Gasteiger partial charge in [-0.3, -0.25) is 4.79 Å². The number of fused-ring (bicyclic) bond motifs is 1. The molecule has 0 saturated carbocycles. The lowest BCUT2D eigenvalue weighted by Gasteiger charge is -2.09. The Morgan fingerprint density at radius 1 is 1.45 bits per heavy atom. The van der Waals surface area contributed by atoms with Gasteiger partial charge in [-0.15, -0.1) is 0 Å². The molecule has 0 radical (unpaired) electrons. The first kappa shape index (κ1) is 14.5. The van der Waals surface area contributed by atoms with Crippen molar-refractivity contribution in [2.45, 2.75) is 26.3 Å². The predicted molar refractivity (Wildman–Crippen MR) is 80.2 cm³/mol. The second kappa shape index (κ2) is 7.05. The summed E-state index contributed by atoms with van der Waals surface area (Å²) >= 11 is 0. The molecule has 0 aliphatic rings. The van der Waals surface area contributed by atoms with E-state index in [9.17, 15) is 4.79 Å². The first-order chi connectivity index (χ1) is 9.70. The van der Waals surface area contributed by atoms with Crippen LogP contribution in [0.2, 0.25) is 0 Å². The zero-order valence-electron chi connectivity index (χ0n) is 11.9. The maximum atomic E-state index is 11.6. The monoisotopic (exact) mass is 274 g/mol. The summed E-state index contributed by atoms with van der Waals surface area (Å²) < 4.78 is 2.12. The van der Waals surface area contributed by atoms with E-state index in [1.54, 1.807) is 0 Å². The van der Waals surface area contributed by atoms with Gasteiger partial charge in [0.2, 0.25) is 5.91 Å². The molecule has 0 aliphatic carbocycles. The van der Waals surface area contributed by atoms with Crippen LogP contribution in [0.3, 0.4) is 0 Å². The van der Waals surface area contributed by atoms with E-state index in [-0.39, 0.29) is 11.8 Å². The van der Waals surface area contributed by atoms with Crippen LogP contribution in [-0.2, 0) is 11.3 Å². The van der Waals surface area contributed by atoms with E-state index in [4.69, 9.17) is 5.73 Å². The van der Waals surface area contributed by atoms with E-state index in [1.165, 1.54) is 0 Å². The van der Waals surface area contributed by atoms with Crippen molar-refractivity contribution in [1.29, 1.82) is 0 Å². The molecular formula is C15H22N4O. The summed E-state index contributed by atoms with van der Waals surface area (Å²) in [6, 6.07) is 8.06. The van der Waals surface area contributed by atoms with Gasteiger partial charge in [0.15, 0.2) is 0 Å². The Balaban J connectivity index is 1.75. The molecule has 0 saturated heterocycles. The number of para-hydroxylation sites is 2. The van der Waals surface area contributed by atoms with Gasteiger partial charge in [0.1, 0.15) is 0 Å². The number of carbonyl (C=O) groups excluding carboxylic acids is 1. The number of benzene rings is 1. The van der Waals surface area contributed by atoms with E-state index in [0.29, 0.717) is 19.5 Å². The molecule has 1 unspecified atom stereocenters. The van der Waals surface area contributed by atoms with Crippen LogP contribution in [0.4, 0.5) is 0 Å². The minimum Gasteiger partial charge on any atom is -0.356 e. The van der Waals surface area contributed by atoms with E-state index < -0.39 is 0 Å². The standard InChI is InChI=1S/C15H22N4O/c1-12(10-16)9-15(20)17-7-4-8-19-11-18-13-5-2-3-6-14(13)19/h2-3,5-6,11-12H,4,7-10,16H2,1H3,(H,17,20). The molecule has 20 heavy (non-hydrogen) atoms. The molecule has 3 N–H and O–H groups in total. The second-order valence-corrected chi connectivity index (χ2v) is 5.18. The van der Waals surface area contributed by atoms with Crippen LogP contribution in [0.15, 0.2) is 30.6 Å². The Morgan fingerprint density at radius 2 is 2.25 bits per heavy atom. The molecule has 1 atom stereocenters. The molecule has 1 heterocycles. The van der Waals surface area contributed by atoms with Crippen molar-refractivity contribution in [2.24, 2.45) is 11.7 Å². The molecule has 2 aromatic rings. The summed E-state index contributed by atoms with van der Waals surface area (Å²) in [6.07, 6.45) is 3.25. The average Bonchev–Trinajstić information content (AvgIpc) is 2.87. The summed E-state index contributed by atoms with van der Waals surface area (Å²) in [4.78, 5) is 15.9. The maximum absolute atomic E-state index is 11.6. The number of aromatic nitrogens is 2. The fourth-order valence-electron chi connectivity index (χ4n) is 2.14. The van der Waals surface area contributed by atoms with Gasteiger partial charge in [0.25, 0.3) is 0 Å². The SMILES string of the molecule is CC(CN)CC(=O)NCCCn1cnc2ccccc21. The number of nitrogens with two attached hydrogens (primary N) is 1. The minimum atomic E-state index is 0.0819. The average molecular weight is 274 g/mol. The molecule has 5 heteroatoms. The Bertz CT molecular complexity index is 564. The second-order valence-electron chi connectivity index (χ2n) is 5.18. The van der Waals surface area contributed by atoms with Gasteiger partial charge in [-0.25, -0.2) is 4.98 Å². The molecule has 0 fully saturated rings. The molecular weight excluding hydrogens is 252 g/mol. The zero-order valence-corrected chi connectivity index (χ0v) is 11.9. The predicted octanol–water partition coefficient (Wildman–Crippen LogP) is 1.53. The van der Waals surface area contributed by atoms with E-state index in [0.717, 1.165) is 24.0 Å². The van der Waals surface area contributed by atoms with Crippen LogP contribution >= 0.6 is 0 Å². The number of aryl methyl sites for hydroxylation is 1. The van der Waals surface area contributed by atoms with Crippen molar-refractivity contribution in [2.75, 3.05) is 13.1 Å². The highest BCUT2D eigenvalue weighted by Gasteiger charge is 2.06. The smallest absolute Gasteiger partial charge is 0.220 e. The zero-order chi connectivity index (χ0) is 14.4. The Kier molecular flexibility index (Phi) is 5.12. The van der Waals surface area contributed by atoms with Crippen LogP contribution in [0.25, 0.3) is 11.0 Å². The third-order valence-electron chi connectivity index (χ3n) is 3.36. The van der Waals surface area contributed by atoms with Crippen molar-refractivity contribution in [3.63, 3.8) is 0 Å². The van der Waals surface area contributed by atoms with E-state index >= 15 is 0 Å². The Labute approximate surface area is 119 Å². The van der Waals surface area contributed by atoms with E-state index in [1.807, 2.05) is 31.5 Å². The van der Waals surface area contributed by atoms with Crippen molar-refractivity contribution < 1.29 is 4.79 Å². The number of rotatable bonds is 7. The van der Waals surface area contributed by atoms with Gasteiger partial charge in [0, 0.05) is 19.5 Å². The molecule has 0 bridgehead atoms. The highest BCUT2D eigenvalue weighted by molar-refractivity contribution is 5.76. The number of amides is 1. The number of imidazole rings is 1. The third-order valence-corrected chi connectivity index (χ3v) is 3.36. The summed E-state index contributed by atoms with van der Waals surface area (Å²) in [5, 5.41) is 2.93. The highest BCUT2D eigenvalue weighted by atomic mass is 16.1. The van der Waals surface area contributed by atoms with Gasteiger partial charge in [-0.2, -0.15) is 0 Å². The van der Waals surface area contributed by atoms with Crippen LogP contribution < -0.4 is 11.1 Å². The minimum absolute atomic E-state index is 0.0819. The van der Waals surface area contributed by atoms with Crippen molar-refractivity contribution in [3.05, 3.63) is 30.6 Å². The van der Waals surface area contributed by atoms with Gasteiger partial charge >= 0.3 is 0 Å². The number of hydrogen-bond donors (Lipinski definition) is 2. The van der Waals surface area contributed by atoms with E-state index in [2.05, 4.69) is 20.9 Å². The lowest BCUT2D eigenvalue weighted by atomic mass is 10.1. The van der Waals surface area contributed by atoms with Gasteiger partial charge < -0.3 is 15.6 Å². The van der Waals surface area contributed by atoms with Gasteiger partial charge in [-0.05, 0) is 31.0 Å².